The second-order valence-corrected chi connectivity index (χ2v) is 4.38. The third-order valence-corrected chi connectivity index (χ3v) is 2.83. The lowest BCUT2D eigenvalue weighted by molar-refractivity contribution is -0.112. The first-order valence-corrected chi connectivity index (χ1v) is 7.33. The minimum absolute atomic E-state index is 0.245. The Morgan fingerprint density at radius 2 is 2.00 bits per heavy atom. The lowest BCUT2D eigenvalue weighted by Gasteiger charge is -2.28. The molecule has 0 amide bonds. The molecule has 0 radical (unpaired) electrons. The minimum Gasteiger partial charge on any atom is -0.435 e. The zero-order valence-electron chi connectivity index (χ0n) is 13.0. The van der Waals surface area contributed by atoms with Crippen LogP contribution >= 0.6 is 0 Å². The quantitative estimate of drug-likeness (QED) is 0.516. The van der Waals surface area contributed by atoms with Crippen LogP contribution in [-0.4, -0.2) is 38.7 Å². The number of nitrogens with zero attached hydrogens (tertiary/aromatic N) is 2. The summed E-state index contributed by atoms with van der Waals surface area (Å²) in [5.41, 5.74) is 0.940. The molecule has 0 spiro atoms. The van der Waals surface area contributed by atoms with Crippen molar-refractivity contribution < 1.29 is 19.0 Å². The summed E-state index contributed by atoms with van der Waals surface area (Å²) in [5.74, 6) is 0. The molecule has 0 heterocycles. The van der Waals surface area contributed by atoms with Crippen LogP contribution < -0.4 is 4.90 Å². The van der Waals surface area contributed by atoms with E-state index in [1.165, 1.54) is 0 Å². The largest absolute Gasteiger partial charge is 0.510 e. The Morgan fingerprint density at radius 3 is 2.59 bits per heavy atom. The van der Waals surface area contributed by atoms with Crippen molar-refractivity contribution in [3.63, 3.8) is 0 Å². The average Bonchev–Trinajstić information content (AvgIpc) is 2.52. The van der Waals surface area contributed by atoms with Gasteiger partial charge in [0.2, 0.25) is 6.29 Å². The molecule has 0 saturated carbocycles. The maximum atomic E-state index is 11.5. The van der Waals surface area contributed by atoms with Gasteiger partial charge >= 0.3 is 6.16 Å². The molecule has 0 fully saturated rings. The fourth-order valence-corrected chi connectivity index (χ4v) is 1.90. The van der Waals surface area contributed by atoms with E-state index in [9.17, 15) is 4.79 Å². The Hall–Kier alpha value is -2.26. The van der Waals surface area contributed by atoms with Crippen molar-refractivity contribution in [2.75, 3.05) is 31.2 Å². The first-order chi connectivity index (χ1) is 10.7. The van der Waals surface area contributed by atoms with Crippen molar-refractivity contribution in [1.82, 2.24) is 0 Å². The van der Waals surface area contributed by atoms with E-state index in [0.717, 1.165) is 5.69 Å². The molecule has 6 heteroatoms. The summed E-state index contributed by atoms with van der Waals surface area (Å²) in [6.45, 7) is 5.04. The van der Waals surface area contributed by atoms with Crippen molar-refractivity contribution in [1.29, 1.82) is 5.26 Å². The van der Waals surface area contributed by atoms with Crippen LogP contribution in [0.25, 0.3) is 0 Å². The van der Waals surface area contributed by atoms with E-state index >= 15 is 0 Å². The molecule has 1 rings (SSSR count). The average molecular weight is 306 g/mol. The van der Waals surface area contributed by atoms with Gasteiger partial charge in [0.15, 0.2) is 0 Å². The van der Waals surface area contributed by atoms with Crippen LogP contribution in [0.1, 0.15) is 20.3 Å². The van der Waals surface area contributed by atoms with Crippen LogP contribution in [0.5, 0.6) is 0 Å². The topological polar surface area (TPSA) is 71.8 Å². The van der Waals surface area contributed by atoms with Gasteiger partial charge in [0.1, 0.15) is 0 Å². The number of nitriles is 1. The van der Waals surface area contributed by atoms with E-state index in [1.807, 2.05) is 42.2 Å². The van der Waals surface area contributed by atoms with Crippen molar-refractivity contribution in [3.8, 4) is 6.07 Å². The SMILES string of the molecule is CCOC(=O)OC(CN(CCC#N)c1ccccc1)OCC. The van der Waals surface area contributed by atoms with Crippen LogP contribution in [0, 0.1) is 11.3 Å². The van der Waals surface area contributed by atoms with Gasteiger partial charge in [-0.3, -0.25) is 0 Å². The lowest BCUT2D eigenvalue weighted by atomic mass is 10.2. The lowest BCUT2D eigenvalue weighted by Crippen LogP contribution is -2.37. The summed E-state index contributed by atoms with van der Waals surface area (Å²) in [5, 5.41) is 8.80. The van der Waals surface area contributed by atoms with Crippen LogP contribution in [0.3, 0.4) is 0 Å². The molecule has 0 aromatic heterocycles. The summed E-state index contributed by atoms with van der Waals surface area (Å²) in [6.07, 6.45) is -1.13. The predicted octanol–water partition coefficient (Wildman–Crippen LogP) is 2.94. The Labute approximate surface area is 131 Å². The van der Waals surface area contributed by atoms with Crippen molar-refractivity contribution in [3.05, 3.63) is 30.3 Å². The zero-order chi connectivity index (χ0) is 16.2. The maximum Gasteiger partial charge on any atom is 0.510 e. The molecule has 1 atom stereocenters. The van der Waals surface area contributed by atoms with Crippen LogP contribution in [0.4, 0.5) is 10.5 Å². The Morgan fingerprint density at radius 1 is 1.27 bits per heavy atom. The highest BCUT2D eigenvalue weighted by Gasteiger charge is 2.19. The highest BCUT2D eigenvalue weighted by molar-refractivity contribution is 5.60. The van der Waals surface area contributed by atoms with Gasteiger partial charge in [-0.05, 0) is 26.0 Å². The van der Waals surface area contributed by atoms with Gasteiger partial charge in [-0.25, -0.2) is 4.79 Å². The third-order valence-electron chi connectivity index (χ3n) is 2.83. The summed E-state index contributed by atoms with van der Waals surface area (Å²) in [6, 6.07) is 11.7. The summed E-state index contributed by atoms with van der Waals surface area (Å²) < 4.78 is 15.4. The Balaban J connectivity index is 2.74. The monoisotopic (exact) mass is 306 g/mol. The van der Waals surface area contributed by atoms with Crippen LogP contribution in [0.2, 0.25) is 0 Å². The normalized spacial score (nSPS) is 11.3. The maximum absolute atomic E-state index is 11.5. The van der Waals surface area contributed by atoms with E-state index in [-0.39, 0.29) is 6.61 Å². The Kier molecular flexibility index (Phi) is 8.46. The van der Waals surface area contributed by atoms with Gasteiger partial charge in [0.25, 0.3) is 0 Å². The van der Waals surface area contributed by atoms with Gasteiger partial charge in [0, 0.05) is 18.8 Å². The van der Waals surface area contributed by atoms with Gasteiger partial charge in [0.05, 0.1) is 25.6 Å². The zero-order valence-corrected chi connectivity index (χ0v) is 13.0. The number of ether oxygens (including phenoxy) is 3. The second-order valence-electron chi connectivity index (χ2n) is 4.38. The van der Waals surface area contributed by atoms with Crippen molar-refractivity contribution in [2.24, 2.45) is 0 Å². The first kappa shape index (κ1) is 17.8. The van der Waals surface area contributed by atoms with Gasteiger partial charge in [-0.1, -0.05) is 18.2 Å². The summed E-state index contributed by atoms with van der Waals surface area (Å²) >= 11 is 0. The molecule has 1 aromatic rings. The summed E-state index contributed by atoms with van der Waals surface area (Å²) in [4.78, 5) is 13.4. The van der Waals surface area contributed by atoms with Crippen LogP contribution in [-0.2, 0) is 14.2 Å². The number of carbonyl (C=O) groups excluding carboxylic acids is 1. The highest BCUT2D eigenvalue weighted by Crippen LogP contribution is 2.15. The van der Waals surface area contributed by atoms with E-state index in [2.05, 4.69) is 6.07 Å². The third kappa shape index (κ3) is 6.46. The van der Waals surface area contributed by atoms with Gasteiger partial charge in [-0.15, -0.1) is 0 Å². The molecule has 120 valence electrons. The van der Waals surface area contributed by atoms with E-state index in [0.29, 0.717) is 26.1 Å². The molecule has 6 nitrogen and oxygen atoms in total. The molecule has 1 aromatic carbocycles. The number of hydrogen-bond acceptors (Lipinski definition) is 6. The van der Waals surface area contributed by atoms with E-state index in [1.54, 1.807) is 6.92 Å². The number of rotatable bonds is 9. The first-order valence-electron chi connectivity index (χ1n) is 7.33. The van der Waals surface area contributed by atoms with E-state index < -0.39 is 12.4 Å². The molecule has 0 saturated heterocycles. The smallest absolute Gasteiger partial charge is 0.435 e. The fourth-order valence-electron chi connectivity index (χ4n) is 1.90. The molecule has 0 aliphatic carbocycles. The fraction of sp³-hybridized carbons (Fsp3) is 0.500. The van der Waals surface area contributed by atoms with Crippen LogP contribution in [0.15, 0.2) is 30.3 Å². The number of carbonyl (C=O) groups is 1. The standard InChI is InChI=1S/C16H22N2O4/c1-3-20-15(22-16(19)21-4-2)13-18(12-8-11-17)14-9-6-5-7-10-14/h5-7,9-10,15H,3-4,8,12-13H2,1-2H3. The second kappa shape index (κ2) is 10.5. The van der Waals surface area contributed by atoms with Crippen molar-refractivity contribution >= 4 is 11.8 Å². The number of hydrogen-bond donors (Lipinski definition) is 0. The minimum atomic E-state index is -0.755. The molecular weight excluding hydrogens is 284 g/mol. The number of anilines is 1. The molecular formula is C16H22N2O4. The molecule has 22 heavy (non-hydrogen) atoms. The molecule has 0 bridgehead atoms. The van der Waals surface area contributed by atoms with Crippen molar-refractivity contribution in [2.45, 2.75) is 26.6 Å². The van der Waals surface area contributed by atoms with E-state index in [4.69, 9.17) is 19.5 Å². The van der Waals surface area contributed by atoms with Gasteiger partial charge in [-0.2, -0.15) is 5.26 Å². The number of para-hydroxylation sites is 1. The molecule has 0 aliphatic rings. The molecule has 0 aliphatic heterocycles. The predicted molar refractivity (Wildman–Crippen MR) is 82.4 cm³/mol. The van der Waals surface area contributed by atoms with Gasteiger partial charge < -0.3 is 19.1 Å². The summed E-state index contributed by atoms with van der Waals surface area (Å²) in [7, 11) is 0. The highest BCUT2D eigenvalue weighted by atomic mass is 16.8. The molecule has 1 unspecified atom stereocenters. The molecule has 0 N–H and O–H groups in total. The number of benzene rings is 1. The Bertz CT molecular complexity index is 473.